The minimum Gasteiger partial charge on any atom is -0.205 e. The summed E-state index contributed by atoms with van der Waals surface area (Å²) in [6, 6.07) is 17.4. The maximum absolute atomic E-state index is 14.1. The van der Waals surface area contributed by atoms with Gasteiger partial charge in [0, 0.05) is 10.9 Å². The molecule has 0 unspecified atom stereocenters. The maximum Gasteiger partial charge on any atom is 0.151 e. The molecular formula is C21H18FN3. The fraction of sp³-hybridized carbons (Fsp3) is 0.190. The Morgan fingerprint density at radius 3 is 2.40 bits per heavy atom. The lowest BCUT2D eigenvalue weighted by Crippen LogP contribution is -2.12. The molecule has 0 amide bonds. The number of hydrogen-bond acceptors (Lipinski definition) is 3. The van der Waals surface area contributed by atoms with Gasteiger partial charge in [0.15, 0.2) is 5.82 Å². The van der Waals surface area contributed by atoms with Crippen molar-refractivity contribution in [2.24, 2.45) is 0 Å². The average molecular weight is 331 g/mol. The van der Waals surface area contributed by atoms with E-state index in [0.29, 0.717) is 11.1 Å². The van der Waals surface area contributed by atoms with Gasteiger partial charge in [-0.2, -0.15) is 0 Å². The number of halogens is 1. The lowest BCUT2D eigenvalue weighted by molar-refractivity contribution is 0.596. The van der Waals surface area contributed by atoms with Crippen molar-refractivity contribution in [2.45, 2.75) is 26.2 Å². The average Bonchev–Trinajstić information content (AvgIpc) is 2.60. The van der Waals surface area contributed by atoms with Gasteiger partial charge in [-0.1, -0.05) is 57.2 Å². The topological polar surface area (TPSA) is 38.7 Å². The summed E-state index contributed by atoms with van der Waals surface area (Å²) in [5, 5.41) is 14.9. The third kappa shape index (κ3) is 2.64. The molecule has 0 saturated carbocycles. The van der Waals surface area contributed by atoms with Crippen molar-refractivity contribution in [1.82, 2.24) is 15.4 Å². The van der Waals surface area contributed by atoms with Crippen molar-refractivity contribution in [3.8, 4) is 11.3 Å². The van der Waals surface area contributed by atoms with Crippen LogP contribution in [0.5, 0.6) is 0 Å². The summed E-state index contributed by atoms with van der Waals surface area (Å²) in [6.07, 6.45) is 0. The summed E-state index contributed by atoms with van der Waals surface area (Å²) in [5.41, 5.74) is 3.02. The second-order valence-electron chi connectivity index (χ2n) is 7.27. The number of fused-ring (bicyclic) bond motifs is 2. The predicted octanol–water partition coefficient (Wildman–Crippen LogP) is 5.28. The van der Waals surface area contributed by atoms with E-state index in [0.717, 1.165) is 10.9 Å². The third-order valence-corrected chi connectivity index (χ3v) is 4.47. The molecule has 0 spiro atoms. The SMILES string of the molecule is CC(C)(C)c1cc(-c2nnnc3c(F)cccc23)cc2ccccc12. The van der Waals surface area contributed by atoms with Crippen LogP contribution in [-0.4, -0.2) is 15.4 Å². The van der Waals surface area contributed by atoms with E-state index in [4.69, 9.17) is 0 Å². The van der Waals surface area contributed by atoms with Crippen molar-refractivity contribution in [1.29, 1.82) is 0 Å². The molecule has 0 N–H and O–H groups in total. The smallest absolute Gasteiger partial charge is 0.151 e. The van der Waals surface area contributed by atoms with Crippen LogP contribution in [0.25, 0.3) is 32.9 Å². The van der Waals surface area contributed by atoms with Crippen LogP contribution in [0.3, 0.4) is 0 Å². The molecule has 1 heterocycles. The summed E-state index contributed by atoms with van der Waals surface area (Å²) in [4.78, 5) is 0. The first-order valence-electron chi connectivity index (χ1n) is 8.26. The number of rotatable bonds is 1. The zero-order valence-electron chi connectivity index (χ0n) is 14.4. The van der Waals surface area contributed by atoms with Gasteiger partial charge in [0.25, 0.3) is 0 Å². The number of aromatic nitrogens is 3. The lowest BCUT2D eigenvalue weighted by Gasteiger charge is -2.22. The fourth-order valence-electron chi connectivity index (χ4n) is 3.25. The summed E-state index contributed by atoms with van der Waals surface area (Å²) in [7, 11) is 0. The molecule has 0 aliphatic rings. The quantitative estimate of drug-likeness (QED) is 0.476. The second kappa shape index (κ2) is 5.59. The van der Waals surface area contributed by atoms with E-state index < -0.39 is 0 Å². The van der Waals surface area contributed by atoms with Gasteiger partial charge in [-0.25, -0.2) is 4.39 Å². The predicted molar refractivity (Wildman–Crippen MR) is 98.9 cm³/mol. The Balaban J connectivity index is 2.08. The first kappa shape index (κ1) is 15.6. The van der Waals surface area contributed by atoms with Gasteiger partial charge in [0.1, 0.15) is 11.2 Å². The maximum atomic E-state index is 14.1. The van der Waals surface area contributed by atoms with Crippen LogP contribution < -0.4 is 0 Å². The molecule has 124 valence electrons. The van der Waals surface area contributed by atoms with Gasteiger partial charge in [-0.05, 0) is 45.2 Å². The van der Waals surface area contributed by atoms with Crippen LogP contribution in [0, 0.1) is 5.82 Å². The Morgan fingerprint density at radius 2 is 1.60 bits per heavy atom. The minimum absolute atomic E-state index is 0.0306. The zero-order chi connectivity index (χ0) is 17.6. The zero-order valence-corrected chi connectivity index (χ0v) is 14.4. The molecule has 0 aliphatic carbocycles. The van der Waals surface area contributed by atoms with Gasteiger partial charge in [-0.15, -0.1) is 10.2 Å². The van der Waals surface area contributed by atoms with Gasteiger partial charge >= 0.3 is 0 Å². The Morgan fingerprint density at radius 1 is 0.840 bits per heavy atom. The largest absolute Gasteiger partial charge is 0.205 e. The molecule has 1 aromatic heterocycles. The first-order valence-corrected chi connectivity index (χ1v) is 8.26. The van der Waals surface area contributed by atoms with E-state index in [2.05, 4.69) is 60.4 Å². The van der Waals surface area contributed by atoms with E-state index in [-0.39, 0.29) is 16.7 Å². The minimum atomic E-state index is -0.384. The molecule has 4 rings (SSSR count). The highest BCUT2D eigenvalue weighted by Gasteiger charge is 2.19. The Labute approximate surface area is 145 Å². The van der Waals surface area contributed by atoms with Crippen molar-refractivity contribution < 1.29 is 4.39 Å². The Kier molecular flexibility index (Phi) is 3.49. The van der Waals surface area contributed by atoms with Crippen molar-refractivity contribution >= 4 is 21.7 Å². The first-order chi connectivity index (χ1) is 11.9. The number of nitrogens with zero attached hydrogens (tertiary/aromatic N) is 3. The highest BCUT2D eigenvalue weighted by molar-refractivity contribution is 5.97. The number of hydrogen-bond donors (Lipinski definition) is 0. The molecular weight excluding hydrogens is 313 g/mol. The fourth-order valence-corrected chi connectivity index (χ4v) is 3.25. The highest BCUT2D eigenvalue weighted by Crippen LogP contribution is 2.35. The van der Waals surface area contributed by atoms with Crippen LogP contribution in [0.15, 0.2) is 54.6 Å². The van der Waals surface area contributed by atoms with Gasteiger partial charge in [0.05, 0.1) is 0 Å². The molecule has 0 aliphatic heterocycles. The van der Waals surface area contributed by atoms with E-state index in [1.165, 1.54) is 17.0 Å². The summed E-state index contributed by atoms with van der Waals surface area (Å²) in [6.45, 7) is 6.57. The number of benzene rings is 3. The summed E-state index contributed by atoms with van der Waals surface area (Å²) < 4.78 is 14.1. The second-order valence-corrected chi connectivity index (χ2v) is 7.27. The molecule has 3 aromatic carbocycles. The molecule has 0 fully saturated rings. The van der Waals surface area contributed by atoms with Gasteiger partial charge in [-0.3, -0.25) is 0 Å². The van der Waals surface area contributed by atoms with Crippen LogP contribution in [0.1, 0.15) is 26.3 Å². The standard InChI is InChI=1S/C21H18FN3/c1-21(2,3)17-12-14(11-13-7-4-5-8-15(13)17)19-16-9-6-10-18(22)20(16)24-25-23-19/h4-12H,1-3H3. The molecule has 0 saturated heterocycles. The van der Waals surface area contributed by atoms with Crippen LogP contribution in [-0.2, 0) is 5.41 Å². The third-order valence-electron chi connectivity index (χ3n) is 4.47. The van der Waals surface area contributed by atoms with Crippen LogP contribution in [0.2, 0.25) is 0 Å². The molecule has 3 nitrogen and oxygen atoms in total. The molecule has 4 heteroatoms. The lowest BCUT2D eigenvalue weighted by atomic mass is 9.82. The van der Waals surface area contributed by atoms with E-state index in [1.807, 2.05) is 18.2 Å². The van der Waals surface area contributed by atoms with Gasteiger partial charge < -0.3 is 0 Å². The Hall–Kier alpha value is -2.88. The van der Waals surface area contributed by atoms with Crippen molar-refractivity contribution in [3.63, 3.8) is 0 Å². The van der Waals surface area contributed by atoms with Crippen LogP contribution >= 0.6 is 0 Å². The highest BCUT2D eigenvalue weighted by atomic mass is 19.1. The van der Waals surface area contributed by atoms with E-state index in [1.54, 1.807) is 6.07 Å². The van der Waals surface area contributed by atoms with Crippen molar-refractivity contribution in [3.05, 3.63) is 66.0 Å². The molecule has 0 atom stereocenters. The van der Waals surface area contributed by atoms with E-state index in [9.17, 15) is 4.39 Å². The Bertz CT molecular complexity index is 1100. The summed E-state index contributed by atoms with van der Waals surface area (Å²) in [5.74, 6) is -0.384. The summed E-state index contributed by atoms with van der Waals surface area (Å²) >= 11 is 0. The molecule has 0 radical (unpaired) electrons. The molecule has 25 heavy (non-hydrogen) atoms. The van der Waals surface area contributed by atoms with Gasteiger partial charge in [0.2, 0.25) is 0 Å². The van der Waals surface area contributed by atoms with Crippen molar-refractivity contribution in [2.75, 3.05) is 0 Å². The molecule has 4 aromatic rings. The van der Waals surface area contributed by atoms with Crippen LogP contribution in [0.4, 0.5) is 4.39 Å². The molecule has 0 bridgehead atoms. The van der Waals surface area contributed by atoms with E-state index >= 15 is 0 Å². The normalized spacial score (nSPS) is 12.0. The monoisotopic (exact) mass is 331 g/mol.